The lowest BCUT2D eigenvalue weighted by Gasteiger charge is -2.39. The van der Waals surface area contributed by atoms with Gasteiger partial charge in [0.25, 0.3) is 0 Å². The molecule has 2 aliphatic rings. The van der Waals surface area contributed by atoms with E-state index in [4.69, 9.17) is 0 Å². The van der Waals surface area contributed by atoms with Gasteiger partial charge < -0.3 is 10.2 Å². The fourth-order valence-electron chi connectivity index (χ4n) is 2.62. The minimum absolute atomic E-state index is 0.0362. The molecule has 0 aromatic carbocycles. The Morgan fingerprint density at radius 1 is 1.33 bits per heavy atom. The summed E-state index contributed by atoms with van der Waals surface area (Å²) < 4.78 is 11.3. The van der Waals surface area contributed by atoms with E-state index in [9.17, 15) is 13.8 Å². The summed E-state index contributed by atoms with van der Waals surface area (Å²) >= 11 is 0. The van der Waals surface area contributed by atoms with Crippen LogP contribution in [0.3, 0.4) is 0 Å². The van der Waals surface area contributed by atoms with E-state index in [0.717, 1.165) is 19.3 Å². The third-order valence-electron chi connectivity index (χ3n) is 3.61. The molecule has 18 heavy (non-hydrogen) atoms. The van der Waals surface area contributed by atoms with Crippen molar-refractivity contribution in [2.24, 2.45) is 0 Å². The van der Waals surface area contributed by atoms with E-state index in [1.807, 2.05) is 6.92 Å². The monoisotopic (exact) mass is 272 g/mol. The van der Waals surface area contributed by atoms with Crippen LogP contribution in [0, 0.1) is 0 Å². The third kappa shape index (κ3) is 2.91. The summed E-state index contributed by atoms with van der Waals surface area (Å²) in [5.41, 5.74) is 0. The number of rotatable bonds is 3. The number of nitrogens with one attached hydrogen (secondary N) is 1. The summed E-state index contributed by atoms with van der Waals surface area (Å²) in [5.74, 6) is 1.26. The van der Waals surface area contributed by atoms with Gasteiger partial charge in [-0.05, 0) is 19.3 Å². The second-order valence-corrected chi connectivity index (χ2v) is 6.65. The Labute approximate surface area is 110 Å². The van der Waals surface area contributed by atoms with Crippen molar-refractivity contribution in [1.29, 1.82) is 0 Å². The van der Waals surface area contributed by atoms with Crippen LogP contribution >= 0.6 is 0 Å². The average molecular weight is 272 g/mol. The van der Waals surface area contributed by atoms with E-state index in [2.05, 4.69) is 5.32 Å². The lowest BCUT2D eigenvalue weighted by Crippen LogP contribution is -2.61. The van der Waals surface area contributed by atoms with Gasteiger partial charge in [-0.3, -0.25) is 13.8 Å². The fraction of sp³-hybridized carbons (Fsp3) is 0.833. The number of amides is 2. The maximum Gasteiger partial charge on any atom is 0.245 e. The molecule has 0 spiro atoms. The molecule has 2 amide bonds. The molecule has 0 aromatic heterocycles. The molecule has 2 rings (SSSR count). The lowest BCUT2D eigenvalue weighted by atomic mass is 10.0. The molecule has 0 saturated carbocycles. The zero-order valence-electron chi connectivity index (χ0n) is 10.7. The van der Waals surface area contributed by atoms with E-state index in [1.54, 1.807) is 4.90 Å². The van der Waals surface area contributed by atoms with Crippen LogP contribution in [0.2, 0.25) is 0 Å². The highest BCUT2D eigenvalue weighted by molar-refractivity contribution is 7.85. The normalized spacial score (nSPS) is 33.4. The molecule has 0 aliphatic carbocycles. The van der Waals surface area contributed by atoms with E-state index in [-0.39, 0.29) is 30.4 Å². The number of hydrogen-bond donors (Lipinski definition) is 1. The Balaban J connectivity index is 2.04. The van der Waals surface area contributed by atoms with Crippen LogP contribution in [0.5, 0.6) is 0 Å². The van der Waals surface area contributed by atoms with Gasteiger partial charge in [-0.25, -0.2) is 0 Å². The van der Waals surface area contributed by atoms with Crippen molar-refractivity contribution >= 4 is 22.6 Å². The van der Waals surface area contributed by atoms with E-state index in [0.29, 0.717) is 17.9 Å². The molecule has 102 valence electrons. The molecular formula is C12H20N2O3S. The summed E-state index contributed by atoms with van der Waals surface area (Å²) in [6.07, 6.45) is 3.08. The highest BCUT2D eigenvalue weighted by Crippen LogP contribution is 2.19. The van der Waals surface area contributed by atoms with Crippen molar-refractivity contribution in [2.75, 3.05) is 18.1 Å². The van der Waals surface area contributed by atoms with Crippen LogP contribution in [0.1, 0.15) is 32.6 Å². The molecule has 6 heteroatoms. The minimum Gasteiger partial charge on any atom is -0.343 e. The van der Waals surface area contributed by atoms with Gasteiger partial charge in [-0.15, -0.1) is 0 Å². The number of nitrogens with zero attached hydrogens (tertiary/aromatic N) is 1. The quantitative estimate of drug-likeness (QED) is 0.788. The van der Waals surface area contributed by atoms with Gasteiger partial charge in [-0.2, -0.15) is 0 Å². The van der Waals surface area contributed by atoms with Gasteiger partial charge in [0.2, 0.25) is 11.8 Å². The van der Waals surface area contributed by atoms with Crippen molar-refractivity contribution < 1.29 is 13.8 Å². The first-order valence-electron chi connectivity index (χ1n) is 6.56. The van der Waals surface area contributed by atoms with E-state index >= 15 is 0 Å². The molecule has 5 nitrogen and oxygen atoms in total. The van der Waals surface area contributed by atoms with Gasteiger partial charge in [0.05, 0.1) is 6.54 Å². The molecule has 2 saturated heterocycles. The van der Waals surface area contributed by atoms with Crippen molar-refractivity contribution in [3.8, 4) is 0 Å². The Kier molecular flexibility index (Phi) is 4.37. The van der Waals surface area contributed by atoms with Crippen LogP contribution in [0.25, 0.3) is 0 Å². The molecule has 1 unspecified atom stereocenters. The summed E-state index contributed by atoms with van der Waals surface area (Å²) in [4.78, 5) is 25.6. The van der Waals surface area contributed by atoms with Gasteiger partial charge in [0, 0.05) is 28.3 Å². The smallest absolute Gasteiger partial charge is 0.245 e. The number of piperazine rings is 1. The van der Waals surface area contributed by atoms with Crippen molar-refractivity contribution in [1.82, 2.24) is 10.2 Å². The fourth-order valence-corrected chi connectivity index (χ4v) is 3.89. The standard InChI is InChI=1S/C12H20N2O3S/c1-2-3-10-12(16)14(8-11(15)13-10)9-4-6-18(17)7-5-9/h9-10H,2-8H2,1H3,(H,13,15). The minimum atomic E-state index is -0.736. The first kappa shape index (κ1) is 13.5. The third-order valence-corrected chi connectivity index (χ3v) is 4.99. The molecule has 1 atom stereocenters. The first-order chi connectivity index (χ1) is 8.61. The summed E-state index contributed by atoms with van der Waals surface area (Å²) in [6.45, 7) is 2.17. The molecule has 0 aromatic rings. The molecular weight excluding hydrogens is 252 g/mol. The Bertz CT molecular complexity index is 362. The Hall–Kier alpha value is -0.910. The zero-order chi connectivity index (χ0) is 13.1. The van der Waals surface area contributed by atoms with Crippen molar-refractivity contribution in [3.63, 3.8) is 0 Å². The first-order valence-corrected chi connectivity index (χ1v) is 8.05. The lowest BCUT2D eigenvalue weighted by molar-refractivity contribution is -0.147. The van der Waals surface area contributed by atoms with Gasteiger partial charge in [-0.1, -0.05) is 13.3 Å². The maximum atomic E-state index is 12.3. The van der Waals surface area contributed by atoms with Crippen LogP contribution < -0.4 is 5.32 Å². The number of carbonyl (C=O) groups excluding carboxylic acids is 2. The molecule has 0 bridgehead atoms. The number of carbonyl (C=O) groups is 2. The van der Waals surface area contributed by atoms with E-state index in [1.165, 1.54) is 0 Å². The van der Waals surface area contributed by atoms with Gasteiger partial charge in [0.1, 0.15) is 6.04 Å². The molecule has 1 N–H and O–H groups in total. The number of hydrogen-bond acceptors (Lipinski definition) is 3. The van der Waals surface area contributed by atoms with Crippen molar-refractivity contribution in [2.45, 2.75) is 44.7 Å². The molecule has 0 radical (unpaired) electrons. The predicted octanol–water partition coefficient (Wildman–Crippen LogP) is 0.0246. The predicted molar refractivity (Wildman–Crippen MR) is 69.5 cm³/mol. The SMILES string of the molecule is CCCC1NC(=O)CN(C2CCS(=O)CC2)C1=O. The van der Waals surface area contributed by atoms with Crippen LogP contribution in [0.4, 0.5) is 0 Å². The summed E-state index contributed by atoms with van der Waals surface area (Å²) in [7, 11) is -0.736. The van der Waals surface area contributed by atoms with Crippen LogP contribution in [-0.4, -0.2) is 51.1 Å². The van der Waals surface area contributed by atoms with Gasteiger partial charge in [0.15, 0.2) is 0 Å². The Morgan fingerprint density at radius 3 is 2.61 bits per heavy atom. The largest absolute Gasteiger partial charge is 0.343 e. The Morgan fingerprint density at radius 2 is 2.00 bits per heavy atom. The van der Waals surface area contributed by atoms with E-state index < -0.39 is 10.8 Å². The highest BCUT2D eigenvalue weighted by atomic mass is 32.2. The van der Waals surface area contributed by atoms with Gasteiger partial charge >= 0.3 is 0 Å². The zero-order valence-corrected chi connectivity index (χ0v) is 11.5. The topological polar surface area (TPSA) is 66.5 Å². The maximum absolute atomic E-state index is 12.3. The molecule has 2 fully saturated rings. The molecule has 2 heterocycles. The summed E-state index contributed by atoms with van der Waals surface area (Å²) in [5, 5.41) is 2.75. The highest BCUT2D eigenvalue weighted by Gasteiger charge is 2.36. The average Bonchev–Trinajstić information content (AvgIpc) is 2.35. The molecule has 2 aliphatic heterocycles. The second-order valence-electron chi connectivity index (χ2n) is 4.95. The second kappa shape index (κ2) is 5.82. The summed E-state index contributed by atoms with van der Waals surface area (Å²) in [6, 6.07) is -0.260. The van der Waals surface area contributed by atoms with Crippen molar-refractivity contribution in [3.05, 3.63) is 0 Å². The van der Waals surface area contributed by atoms with Crippen LogP contribution in [0.15, 0.2) is 0 Å². The van der Waals surface area contributed by atoms with Crippen LogP contribution in [-0.2, 0) is 20.4 Å².